The van der Waals surface area contributed by atoms with Crippen molar-refractivity contribution in [1.82, 2.24) is 20.2 Å². The number of carbonyl (C=O) groups is 1. The van der Waals surface area contributed by atoms with Gasteiger partial charge in [0.15, 0.2) is 0 Å². The van der Waals surface area contributed by atoms with E-state index < -0.39 is 0 Å². The van der Waals surface area contributed by atoms with Crippen LogP contribution in [0.1, 0.15) is 12.8 Å². The average Bonchev–Trinajstić information content (AvgIpc) is 3.12. The van der Waals surface area contributed by atoms with Crippen molar-refractivity contribution in [3.63, 3.8) is 0 Å². The van der Waals surface area contributed by atoms with Crippen LogP contribution in [-0.4, -0.2) is 59.5 Å². The van der Waals surface area contributed by atoms with Gasteiger partial charge < -0.3 is 20.2 Å². The molecule has 2 fully saturated rings. The van der Waals surface area contributed by atoms with Gasteiger partial charge in [-0.15, -0.1) is 0 Å². The summed E-state index contributed by atoms with van der Waals surface area (Å²) in [6.45, 7) is 4.72. The highest BCUT2D eigenvalue weighted by molar-refractivity contribution is 5.88. The minimum absolute atomic E-state index is 0.164. The number of fused-ring (bicyclic) bond motifs is 1. The summed E-state index contributed by atoms with van der Waals surface area (Å²) in [6, 6.07) is 6.25. The second-order valence-electron chi connectivity index (χ2n) is 6.37. The quantitative estimate of drug-likeness (QED) is 0.758. The number of aromatic amines is 2. The van der Waals surface area contributed by atoms with Gasteiger partial charge in [-0.1, -0.05) is 6.07 Å². The third-order valence-electron chi connectivity index (χ3n) is 4.81. The van der Waals surface area contributed by atoms with Crippen molar-refractivity contribution < 1.29 is 4.79 Å². The van der Waals surface area contributed by atoms with Gasteiger partial charge in [-0.2, -0.15) is 0 Å². The number of carbonyl (C=O) groups excluding carboxylic acids is 1. The Hall–Kier alpha value is -2.28. The molecule has 7 nitrogen and oxygen atoms in total. The topological polar surface area (TPSA) is 84.2 Å². The number of aromatic nitrogens is 2. The maximum Gasteiger partial charge on any atom is 0.323 e. The molecule has 1 aromatic carbocycles. The normalized spacial score (nSPS) is 22.7. The molecule has 2 aromatic rings. The molecule has 3 N–H and O–H groups in total. The number of hydrogen-bond acceptors (Lipinski definition) is 4. The molecule has 4 rings (SSSR count). The Morgan fingerprint density at radius 1 is 1.09 bits per heavy atom. The summed E-state index contributed by atoms with van der Waals surface area (Å²) < 4.78 is 0. The van der Waals surface area contributed by atoms with Crippen LogP contribution < -0.4 is 15.9 Å². The SMILES string of the molecule is O=C1CC[C@@H](CN2CCN(c3cccc4[nH]c(=O)[nH]c34)CC2)N1. The van der Waals surface area contributed by atoms with E-state index in [-0.39, 0.29) is 11.6 Å². The molecule has 0 saturated carbocycles. The Bertz CT molecular complexity index is 772. The van der Waals surface area contributed by atoms with E-state index in [1.165, 1.54) is 0 Å². The number of nitrogens with zero attached hydrogens (tertiary/aromatic N) is 2. The molecule has 0 unspecified atom stereocenters. The summed E-state index contributed by atoms with van der Waals surface area (Å²) in [4.78, 5) is 33.2. The van der Waals surface area contributed by atoms with E-state index >= 15 is 0 Å². The van der Waals surface area contributed by atoms with Gasteiger partial charge in [-0.3, -0.25) is 9.69 Å². The van der Waals surface area contributed by atoms with Gasteiger partial charge in [0.1, 0.15) is 0 Å². The first kappa shape index (κ1) is 14.3. The molecule has 0 radical (unpaired) electrons. The van der Waals surface area contributed by atoms with Crippen molar-refractivity contribution in [2.45, 2.75) is 18.9 Å². The zero-order chi connectivity index (χ0) is 15.8. The zero-order valence-corrected chi connectivity index (χ0v) is 13.0. The first-order chi connectivity index (χ1) is 11.2. The minimum Gasteiger partial charge on any atom is -0.367 e. The molecule has 122 valence electrons. The van der Waals surface area contributed by atoms with Gasteiger partial charge in [-0.05, 0) is 18.6 Å². The average molecular weight is 315 g/mol. The Morgan fingerprint density at radius 3 is 2.65 bits per heavy atom. The largest absolute Gasteiger partial charge is 0.367 e. The second kappa shape index (κ2) is 5.73. The maximum absolute atomic E-state index is 11.5. The summed E-state index contributed by atoms with van der Waals surface area (Å²) in [7, 11) is 0. The van der Waals surface area contributed by atoms with E-state index in [2.05, 4.69) is 31.2 Å². The summed E-state index contributed by atoms with van der Waals surface area (Å²) in [5.74, 6) is 0.178. The van der Waals surface area contributed by atoms with Crippen LogP contribution in [0.5, 0.6) is 0 Å². The Morgan fingerprint density at radius 2 is 1.91 bits per heavy atom. The van der Waals surface area contributed by atoms with Crippen LogP contribution in [0.25, 0.3) is 11.0 Å². The monoisotopic (exact) mass is 315 g/mol. The van der Waals surface area contributed by atoms with Crippen LogP contribution in [0, 0.1) is 0 Å². The van der Waals surface area contributed by atoms with E-state index in [9.17, 15) is 9.59 Å². The summed E-state index contributed by atoms with van der Waals surface area (Å²) in [6.07, 6.45) is 1.61. The molecule has 2 aliphatic rings. The van der Waals surface area contributed by atoms with Crippen molar-refractivity contribution in [2.24, 2.45) is 0 Å². The number of anilines is 1. The smallest absolute Gasteiger partial charge is 0.323 e. The molecule has 2 aliphatic heterocycles. The molecule has 0 aliphatic carbocycles. The predicted molar refractivity (Wildman–Crippen MR) is 88.7 cm³/mol. The van der Waals surface area contributed by atoms with Gasteiger partial charge in [0.05, 0.1) is 16.7 Å². The van der Waals surface area contributed by atoms with Crippen molar-refractivity contribution >= 4 is 22.6 Å². The fourth-order valence-corrected chi connectivity index (χ4v) is 3.60. The van der Waals surface area contributed by atoms with Gasteiger partial charge in [-0.25, -0.2) is 4.79 Å². The lowest BCUT2D eigenvalue weighted by Gasteiger charge is -2.37. The van der Waals surface area contributed by atoms with E-state index in [4.69, 9.17) is 0 Å². The third-order valence-corrected chi connectivity index (χ3v) is 4.81. The number of para-hydroxylation sites is 1. The van der Waals surface area contributed by atoms with Crippen LogP contribution in [0.15, 0.2) is 23.0 Å². The number of H-pyrrole nitrogens is 2. The van der Waals surface area contributed by atoms with Gasteiger partial charge >= 0.3 is 5.69 Å². The molecule has 0 bridgehead atoms. The van der Waals surface area contributed by atoms with Crippen LogP contribution >= 0.6 is 0 Å². The zero-order valence-electron chi connectivity index (χ0n) is 13.0. The van der Waals surface area contributed by atoms with Gasteiger partial charge in [0.2, 0.25) is 5.91 Å². The highest BCUT2D eigenvalue weighted by atomic mass is 16.2. The molecule has 0 spiro atoms. The number of benzene rings is 1. The predicted octanol–water partition coefficient (Wildman–Crippen LogP) is 0.257. The Kier molecular flexibility index (Phi) is 3.57. The molecule has 2 saturated heterocycles. The highest BCUT2D eigenvalue weighted by Gasteiger charge is 2.25. The molecule has 7 heteroatoms. The highest BCUT2D eigenvalue weighted by Crippen LogP contribution is 2.24. The maximum atomic E-state index is 11.5. The molecular formula is C16H21N5O2. The van der Waals surface area contributed by atoms with Crippen molar-refractivity contribution in [3.05, 3.63) is 28.7 Å². The van der Waals surface area contributed by atoms with Crippen LogP contribution in [0.4, 0.5) is 5.69 Å². The lowest BCUT2D eigenvalue weighted by Crippen LogP contribution is -2.50. The van der Waals surface area contributed by atoms with Crippen LogP contribution in [-0.2, 0) is 4.79 Å². The Balaban J connectivity index is 1.42. The molecule has 3 heterocycles. The van der Waals surface area contributed by atoms with E-state index in [1.807, 2.05) is 12.1 Å². The van der Waals surface area contributed by atoms with Crippen LogP contribution in [0.2, 0.25) is 0 Å². The first-order valence-corrected chi connectivity index (χ1v) is 8.17. The number of amides is 1. The van der Waals surface area contributed by atoms with E-state index in [0.29, 0.717) is 12.5 Å². The number of nitrogens with one attached hydrogen (secondary N) is 3. The summed E-state index contributed by atoms with van der Waals surface area (Å²) in [5.41, 5.74) is 2.65. The number of piperazine rings is 1. The van der Waals surface area contributed by atoms with E-state index in [0.717, 1.165) is 55.9 Å². The molecular weight excluding hydrogens is 294 g/mol. The minimum atomic E-state index is -0.164. The number of hydrogen-bond donors (Lipinski definition) is 3. The molecule has 1 aromatic heterocycles. The first-order valence-electron chi connectivity index (χ1n) is 8.17. The third kappa shape index (κ3) is 2.84. The lowest BCUT2D eigenvalue weighted by molar-refractivity contribution is -0.119. The standard InChI is InChI=1S/C16H21N5O2/c22-14-5-4-11(17-14)10-20-6-8-21(9-7-20)13-3-1-2-12-15(13)19-16(23)18-12/h1-3,11H,4-10H2,(H,17,22)(H2,18,19,23)/t11-/m0/s1. The summed E-state index contributed by atoms with van der Waals surface area (Å²) >= 11 is 0. The van der Waals surface area contributed by atoms with Crippen molar-refractivity contribution in [3.8, 4) is 0 Å². The number of imidazole rings is 1. The molecule has 1 amide bonds. The van der Waals surface area contributed by atoms with Crippen molar-refractivity contribution in [1.29, 1.82) is 0 Å². The Labute approximate surface area is 133 Å². The van der Waals surface area contributed by atoms with Crippen LogP contribution in [0.3, 0.4) is 0 Å². The van der Waals surface area contributed by atoms with Gasteiger partial charge in [0.25, 0.3) is 0 Å². The van der Waals surface area contributed by atoms with E-state index in [1.54, 1.807) is 0 Å². The summed E-state index contributed by atoms with van der Waals surface area (Å²) in [5, 5.41) is 3.03. The molecule has 1 atom stereocenters. The van der Waals surface area contributed by atoms with Gasteiger partial charge in [0, 0.05) is 45.2 Å². The molecule has 23 heavy (non-hydrogen) atoms. The fourth-order valence-electron chi connectivity index (χ4n) is 3.60. The van der Waals surface area contributed by atoms with Crippen molar-refractivity contribution in [2.75, 3.05) is 37.6 Å². The number of rotatable bonds is 3. The fraction of sp³-hybridized carbons (Fsp3) is 0.500. The second-order valence-corrected chi connectivity index (χ2v) is 6.37. The lowest BCUT2D eigenvalue weighted by atomic mass is 10.2.